The molecule has 2 N–H and O–H groups in total. The molecular weight excluding hydrogens is 647 g/mol. The molecule has 2 aliphatic rings. The van der Waals surface area contributed by atoms with Gasteiger partial charge < -0.3 is 38.8 Å². The summed E-state index contributed by atoms with van der Waals surface area (Å²) in [7, 11) is 0. The summed E-state index contributed by atoms with van der Waals surface area (Å²) in [6, 6.07) is 20.8. The summed E-state index contributed by atoms with van der Waals surface area (Å²) in [5.41, 5.74) is -0.192. The molecule has 0 amide bonds. The van der Waals surface area contributed by atoms with Gasteiger partial charge in [0.2, 0.25) is 0 Å². The summed E-state index contributed by atoms with van der Waals surface area (Å²) in [4.78, 5) is 2.29. The molecule has 0 aliphatic carbocycles. The number of ether oxygens (including phenoxy) is 5. The second-order valence-electron chi connectivity index (χ2n) is 11.2. The zero-order chi connectivity index (χ0) is 31.8. The van der Waals surface area contributed by atoms with E-state index in [0.29, 0.717) is 18.1 Å². The van der Waals surface area contributed by atoms with Crippen molar-refractivity contribution < 1.29 is 47.1 Å². The maximum Gasteiger partial charge on any atom is 0.573 e. The molecule has 2 heterocycles. The molecule has 44 heavy (non-hydrogen) atoms. The van der Waals surface area contributed by atoms with E-state index in [1.807, 2.05) is 43.3 Å². The van der Waals surface area contributed by atoms with Crippen LogP contribution in [0.4, 0.5) is 18.9 Å². The van der Waals surface area contributed by atoms with E-state index in [1.165, 1.54) is 31.2 Å². The van der Waals surface area contributed by atoms with Crippen molar-refractivity contribution in [3.63, 3.8) is 0 Å². The zero-order valence-electron chi connectivity index (χ0n) is 24.6. The number of alkyl halides is 3. The Balaban J connectivity index is 0.000000265. The average molecular weight is 685 g/mol. The smallest absolute Gasteiger partial charge is 0.491 e. The van der Waals surface area contributed by atoms with Crippen LogP contribution in [0.1, 0.15) is 26.7 Å². The third kappa shape index (κ3) is 11.4. The van der Waals surface area contributed by atoms with Crippen LogP contribution < -0.4 is 23.8 Å². The monoisotopic (exact) mass is 683 g/mol. The van der Waals surface area contributed by atoms with Crippen LogP contribution in [0.3, 0.4) is 0 Å². The first-order valence-corrected chi connectivity index (χ1v) is 15.0. The molecule has 12 heteroatoms. The van der Waals surface area contributed by atoms with Crippen molar-refractivity contribution >= 4 is 21.6 Å². The van der Waals surface area contributed by atoms with Crippen molar-refractivity contribution in [1.82, 2.24) is 0 Å². The first-order chi connectivity index (χ1) is 20.8. The summed E-state index contributed by atoms with van der Waals surface area (Å²) in [5, 5.41) is 18.2. The molecule has 3 aromatic rings. The molecule has 3 aromatic carbocycles. The van der Waals surface area contributed by atoms with Crippen LogP contribution in [0.15, 0.2) is 77.3 Å². The lowest BCUT2D eigenvalue weighted by molar-refractivity contribution is -0.274. The van der Waals surface area contributed by atoms with Crippen molar-refractivity contribution in [3.05, 3.63) is 77.3 Å². The van der Waals surface area contributed by atoms with Crippen LogP contribution in [0.25, 0.3) is 0 Å². The molecule has 0 aromatic heterocycles. The summed E-state index contributed by atoms with van der Waals surface area (Å²) < 4.78 is 63.8. The summed E-state index contributed by atoms with van der Waals surface area (Å²) in [6.45, 7) is 6.28. The highest BCUT2D eigenvalue weighted by Gasteiger charge is 2.40. The Hall–Kier alpha value is -3.19. The normalized spacial score (nSPS) is 19.7. The maximum absolute atomic E-state index is 12.2. The summed E-state index contributed by atoms with van der Waals surface area (Å²) in [6.07, 6.45) is -3.01. The van der Waals surface area contributed by atoms with Gasteiger partial charge in [0.15, 0.2) is 0 Å². The van der Waals surface area contributed by atoms with Crippen LogP contribution in [0.2, 0.25) is 0 Å². The SMILES string of the molecule is C[C@@](O)(CO)COc1ccc(Br)cc1.C[C@]1(COc2ccc(N3CCC(Oc4ccc(OC(F)(F)F)cc4)CC3)cc2)CO1. The number of hydrogen-bond donors (Lipinski definition) is 2. The lowest BCUT2D eigenvalue weighted by atomic mass is 10.1. The molecule has 2 aliphatic heterocycles. The van der Waals surface area contributed by atoms with Gasteiger partial charge in [0.05, 0.1) is 13.2 Å². The zero-order valence-corrected chi connectivity index (χ0v) is 26.1. The van der Waals surface area contributed by atoms with Gasteiger partial charge in [-0.15, -0.1) is 13.2 Å². The van der Waals surface area contributed by atoms with Gasteiger partial charge in [-0.05, 0) is 86.6 Å². The van der Waals surface area contributed by atoms with E-state index in [-0.39, 0.29) is 30.7 Å². The molecule has 5 rings (SSSR count). The van der Waals surface area contributed by atoms with Crippen molar-refractivity contribution in [1.29, 1.82) is 0 Å². The van der Waals surface area contributed by atoms with Gasteiger partial charge in [0.25, 0.3) is 0 Å². The van der Waals surface area contributed by atoms with E-state index in [1.54, 1.807) is 12.1 Å². The summed E-state index contributed by atoms with van der Waals surface area (Å²) >= 11 is 3.30. The number of nitrogens with zero attached hydrogens (tertiary/aromatic N) is 1. The molecule has 0 saturated carbocycles. The first kappa shape index (κ1) is 33.7. The van der Waals surface area contributed by atoms with E-state index >= 15 is 0 Å². The second-order valence-corrected chi connectivity index (χ2v) is 12.2. The predicted molar refractivity (Wildman–Crippen MR) is 163 cm³/mol. The fraction of sp³-hybridized carbons (Fsp3) is 0.438. The predicted octanol–water partition coefficient (Wildman–Crippen LogP) is 6.37. The number of epoxide rings is 1. The Kier molecular flexibility index (Phi) is 11.3. The van der Waals surface area contributed by atoms with Gasteiger partial charge in [0, 0.05) is 36.1 Å². The van der Waals surface area contributed by atoms with Crippen molar-refractivity contribution in [2.24, 2.45) is 0 Å². The second kappa shape index (κ2) is 14.7. The Morgan fingerprint density at radius 2 is 1.41 bits per heavy atom. The minimum Gasteiger partial charge on any atom is -0.491 e. The number of aliphatic hydroxyl groups excluding tert-OH is 1. The van der Waals surface area contributed by atoms with Crippen LogP contribution in [-0.4, -0.2) is 73.4 Å². The van der Waals surface area contributed by atoms with Crippen molar-refractivity contribution in [2.45, 2.75) is 50.4 Å². The fourth-order valence-corrected chi connectivity index (χ4v) is 4.42. The Morgan fingerprint density at radius 3 is 1.95 bits per heavy atom. The summed E-state index contributed by atoms with van der Waals surface area (Å²) in [5.74, 6) is 1.78. The molecule has 2 fully saturated rings. The van der Waals surface area contributed by atoms with Crippen molar-refractivity contribution in [2.75, 3.05) is 44.4 Å². The fourth-order valence-electron chi connectivity index (χ4n) is 4.16. The van der Waals surface area contributed by atoms with Crippen molar-refractivity contribution in [3.8, 4) is 23.0 Å². The number of halogens is 4. The highest BCUT2D eigenvalue weighted by molar-refractivity contribution is 9.10. The number of anilines is 1. The quantitative estimate of drug-likeness (QED) is 0.225. The molecule has 2 atom stereocenters. The first-order valence-electron chi connectivity index (χ1n) is 14.2. The molecule has 0 bridgehead atoms. The van der Waals surface area contributed by atoms with Gasteiger partial charge in [-0.2, -0.15) is 0 Å². The highest BCUT2D eigenvalue weighted by Crippen LogP contribution is 2.30. The van der Waals surface area contributed by atoms with E-state index in [4.69, 9.17) is 24.1 Å². The standard InChI is InChI=1S/C22H24F3NO4.C10H13BrO3/c1-21(15-28-21)14-27-17-4-2-16(3-5-17)26-12-10-19(11-13-26)29-18-6-8-20(9-7-18)30-22(23,24)25;1-10(13,6-12)7-14-9-4-2-8(11)3-5-9/h2-9,19H,10-15H2,1H3;2-5,12-13H,6-7H2,1H3/t21-;10-/m01/s1. The molecule has 240 valence electrons. The highest BCUT2D eigenvalue weighted by atomic mass is 79.9. The van der Waals surface area contributed by atoms with Gasteiger partial charge >= 0.3 is 6.36 Å². The van der Waals surface area contributed by atoms with Crippen LogP contribution >= 0.6 is 15.9 Å². The largest absolute Gasteiger partial charge is 0.573 e. The maximum atomic E-state index is 12.2. The van der Waals surface area contributed by atoms with Gasteiger partial charge in [-0.3, -0.25) is 0 Å². The van der Waals surface area contributed by atoms with E-state index in [0.717, 1.165) is 48.4 Å². The number of aliphatic hydroxyl groups is 2. The topological polar surface area (TPSA) is 93.2 Å². The molecule has 0 unspecified atom stereocenters. The molecule has 2 saturated heterocycles. The van der Waals surface area contributed by atoms with E-state index in [9.17, 15) is 18.3 Å². The molecule has 0 spiro atoms. The van der Waals surface area contributed by atoms with Crippen LogP contribution in [0.5, 0.6) is 23.0 Å². The number of rotatable bonds is 11. The lowest BCUT2D eigenvalue weighted by Gasteiger charge is -2.33. The molecular formula is C32H37BrF3NO7. The lowest BCUT2D eigenvalue weighted by Crippen LogP contribution is -2.38. The number of benzene rings is 3. The molecule has 8 nitrogen and oxygen atoms in total. The number of piperidine rings is 1. The van der Waals surface area contributed by atoms with Gasteiger partial charge in [0.1, 0.15) is 53.5 Å². The van der Waals surface area contributed by atoms with Gasteiger partial charge in [-0.25, -0.2) is 0 Å². The van der Waals surface area contributed by atoms with Crippen LogP contribution in [-0.2, 0) is 4.74 Å². The average Bonchev–Trinajstić information content (AvgIpc) is 3.74. The van der Waals surface area contributed by atoms with Gasteiger partial charge in [-0.1, -0.05) is 15.9 Å². The Morgan fingerprint density at radius 1 is 0.886 bits per heavy atom. The third-order valence-corrected chi connectivity index (χ3v) is 7.42. The third-order valence-electron chi connectivity index (χ3n) is 6.89. The van der Waals surface area contributed by atoms with Crippen LogP contribution in [0, 0.1) is 0 Å². The van der Waals surface area contributed by atoms with E-state index in [2.05, 4.69) is 25.6 Å². The Labute approximate surface area is 263 Å². The Bertz CT molecular complexity index is 1290. The minimum absolute atomic E-state index is 0.0255. The van der Waals surface area contributed by atoms with E-state index < -0.39 is 12.0 Å². The molecule has 0 radical (unpaired) electrons. The minimum atomic E-state index is -4.69. The number of hydrogen-bond acceptors (Lipinski definition) is 8.